The van der Waals surface area contributed by atoms with Crippen molar-refractivity contribution >= 4 is 33.4 Å². The maximum atomic E-state index is 13.3. The molecule has 4 heterocycles. The van der Waals surface area contributed by atoms with E-state index >= 15 is 0 Å². The zero-order valence-corrected chi connectivity index (χ0v) is 20.0. The van der Waals surface area contributed by atoms with E-state index in [0.29, 0.717) is 53.2 Å². The largest absolute Gasteiger partial charge is 0.355 e. The lowest BCUT2D eigenvalue weighted by Gasteiger charge is -2.28. The topological polar surface area (TPSA) is 93.0 Å². The van der Waals surface area contributed by atoms with Crippen LogP contribution in [0.25, 0.3) is 16.6 Å². The summed E-state index contributed by atoms with van der Waals surface area (Å²) in [6.45, 7) is 3.43. The number of nitrogens with one attached hydrogen (secondary N) is 1. The highest BCUT2D eigenvalue weighted by Gasteiger charge is 2.21. The molecule has 1 aliphatic heterocycles. The Morgan fingerprint density at radius 3 is 2.66 bits per heavy atom. The van der Waals surface area contributed by atoms with Gasteiger partial charge in [0.2, 0.25) is 0 Å². The molecule has 35 heavy (non-hydrogen) atoms. The molecular weight excluding hydrogens is 467 g/mol. The SMILES string of the molecule is CCC(NC(=O)c1cncc2c1cnn2-c1ccc(F)cc1)c1ccnc(N2CCS(=O)CC2)c1. The molecule has 0 bridgehead atoms. The molecule has 3 aromatic heterocycles. The van der Waals surface area contributed by atoms with Gasteiger partial charge >= 0.3 is 0 Å². The summed E-state index contributed by atoms with van der Waals surface area (Å²) in [5.74, 6) is 1.53. The molecule has 1 N–H and O–H groups in total. The molecule has 0 radical (unpaired) electrons. The van der Waals surface area contributed by atoms with Crippen LogP contribution >= 0.6 is 0 Å². The lowest BCUT2D eigenvalue weighted by molar-refractivity contribution is 0.0937. The Hall–Kier alpha value is -3.66. The quantitative estimate of drug-likeness (QED) is 0.444. The Balaban J connectivity index is 1.39. The van der Waals surface area contributed by atoms with Gasteiger partial charge < -0.3 is 10.2 Å². The van der Waals surface area contributed by atoms with Gasteiger partial charge in [-0.3, -0.25) is 14.0 Å². The number of hydrogen-bond acceptors (Lipinski definition) is 6. The Labute approximate surface area is 204 Å². The predicted molar refractivity (Wildman–Crippen MR) is 134 cm³/mol. The zero-order chi connectivity index (χ0) is 24.4. The van der Waals surface area contributed by atoms with Gasteiger partial charge in [0.25, 0.3) is 5.91 Å². The summed E-state index contributed by atoms with van der Waals surface area (Å²) in [7, 11) is -0.759. The summed E-state index contributed by atoms with van der Waals surface area (Å²) >= 11 is 0. The number of carbonyl (C=O) groups is 1. The fourth-order valence-corrected chi connectivity index (χ4v) is 5.31. The highest BCUT2D eigenvalue weighted by Crippen LogP contribution is 2.25. The minimum absolute atomic E-state index is 0.217. The molecule has 8 nitrogen and oxygen atoms in total. The van der Waals surface area contributed by atoms with E-state index in [4.69, 9.17) is 0 Å². The summed E-state index contributed by atoms with van der Waals surface area (Å²) in [5.41, 5.74) is 2.71. The minimum Gasteiger partial charge on any atom is -0.355 e. The van der Waals surface area contributed by atoms with Crippen molar-refractivity contribution in [2.45, 2.75) is 19.4 Å². The maximum Gasteiger partial charge on any atom is 0.254 e. The maximum absolute atomic E-state index is 13.3. The van der Waals surface area contributed by atoms with E-state index in [1.807, 2.05) is 19.1 Å². The van der Waals surface area contributed by atoms with Crippen LogP contribution in [0, 0.1) is 5.82 Å². The van der Waals surface area contributed by atoms with Crippen molar-refractivity contribution in [1.29, 1.82) is 0 Å². The first kappa shape index (κ1) is 23.1. The number of carbonyl (C=O) groups excluding carboxylic acids is 1. The van der Waals surface area contributed by atoms with Crippen molar-refractivity contribution in [2.24, 2.45) is 0 Å². The van der Waals surface area contributed by atoms with Crippen molar-refractivity contribution in [3.8, 4) is 5.69 Å². The number of pyridine rings is 2. The fourth-order valence-electron chi connectivity index (χ4n) is 4.26. The summed E-state index contributed by atoms with van der Waals surface area (Å²) in [5, 5.41) is 8.19. The average molecular weight is 493 g/mol. The summed E-state index contributed by atoms with van der Waals surface area (Å²) in [6.07, 6.45) is 7.24. The van der Waals surface area contributed by atoms with Crippen molar-refractivity contribution in [3.63, 3.8) is 0 Å². The monoisotopic (exact) mass is 492 g/mol. The van der Waals surface area contributed by atoms with Crippen molar-refractivity contribution in [1.82, 2.24) is 25.1 Å². The van der Waals surface area contributed by atoms with Gasteiger partial charge in [0.05, 0.1) is 35.2 Å². The Morgan fingerprint density at radius 1 is 1.14 bits per heavy atom. The van der Waals surface area contributed by atoms with E-state index in [0.717, 1.165) is 11.4 Å². The number of anilines is 1. The first-order valence-electron chi connectivity index (χ1n) is 11.5. The summed E-state index contributed by atoms with van der Waals surface area (Å²) < 4.78 is 26.7. The number of nitrogens with zero attached hydrogens (tertiary/aromatic N) is 5. The van der Waals surface area contributed by atoms with E-state index < -0.39 is 10.8 Å². The molecule has 1 amide bonds. The van der Waals surface area contributed by atoms with Gasteiger partial charge in [0.15, 0.2) is 0 Å². The second-order valence-electron chi connectivity index (χ2n) is 8.37. The lowest BCUT2D eigenvalue weighted by Crippen LogP contribution is -2.38. The van der Waals surface area contributed by atoms with Crippen LogP contribution in [0.1, 0.15) is 35.3 Å². The molecule has 0 saturated carbocycles. The first-order valence-corrected chi connectivity index (χ1v) is 13.0. The van der Waals surface area contributed by atoms with E-state index in [2.05, 4.69) is 25.3 Å². The third kappa shape index (κ3) is 4.79. The van der Waals surface area contributed by atoms with Crippen LogP contribution in [0.2, 0.25) is 0 Å². The highest BCUT2D eigenvalue weighted by atomic mass is 32.2. The van der Waals surface area contributed by atoms with Crippen molar-refractivity contribution in [2.75, 3.05) is 29.5 Å². The van der Waals surface area contributed by atoms with Gasteiger partial charge in [-0.1, -0.05) is 6.92 Å². The molecule has 0 spiro atoms. The number of rotatable bonds is 6. The normalized spacial score (nSPS) is 15.3. The number of benzene rings is 1. The van der Waals surface area contributed by atoms with Crippen LogP contribution in [-0.4, -0.2) is 54.5 Å². The van der Waals surface area contributed by atoms with Gasteiger partial charge in [-0.2, -0.15) is 5.10 Å². The molecule has 10 heteroatoms. The Bertz CT molecular complexity index is 1380. The van der Waals surface area contributed by atoms with Crippen LogP contribution in [0.5, 0.6) is 0 Å². The van der Waals surface area contributed by atoms with Crippen LogP contribution in [-0.2, 0) is 10.8 Å². The Morgan fingerprint density at radius 2 is 1.91 bits per heavy atom. The molecule has 4 aromatic rings. The lowest BCUT2D eigenvalue weighted by atomic mass is 10.0. The molecule has 180 valence electrons. The fraction of sp³-hybridized carbons (Fsp3) is 0.280. The minimum atomic E-state index is -0.759. The van der Waals surface area contributed by atoms with Crippen LogP contribution in [0.15, 0.2) is 61.2 Å². The predicted octanol–water partition coefficient (Wildman–Crippen LogP) is 3.40. The van der Waals surface area contributed by atoms with E-state index in [-0.39, 0.29) is 17.8 Å². The summed E-state index contributed by atoms with van der Waals surface area (Å²) in [4.78, 5) is 24.2. The van der Waals surface area contributed by atoms with Gasteiger partial charge in [0, 0.05) is 53.2 Å². The molecule has 5 rings (SSSR count). The van der Waals surface area contributed by atoms with Gasteiger partial charge in [-0.15, -0.1) is 0 Å². The molecular formula is C25H25FN6O2S. The van der Waals surface area contributed by atoms with Gasteiger partial charge in [-0.05, 0) is 48.4 Å². The second kappa shape index (κ2) is 9.91. The third-order valence-electron chi connectivity index (χ3n) is 6.20. The molecule has 1 atom stereocenters. The smallest absolute Gasteiger partial charge is 0.254 e. The number of aromatic nitrogens is 4. The van der Waals surface area contributed by atoms with Gasteiger partial charge in [0.1, 0.15) is 11.6 Å². The zero-order valence-electron chi connectivity index (χ0n) is 19.2. The second-order valence-corrected chi connectivity index (χ2v) is 10.1. The Kier molecular flexibility index (Phi) is 6.54. The third-order valence-corrected chi connectivity index (χ3v) is 7.48. The van der Waals surface area contributed by atoms with Crippen molar-refractivity contribution < 1.29 is 13.4 Å². The van der Waals surface area contributed by atoms with E-state index in [1.54, 1.807) is 35.4 Å². The summed E-state index contributed by atoms with van der Waals surface area (Å²) in [6, 6.07) is 9.67. The molecule has 1 saturated heterocycles. The van der Waals surface area contributed by atoms with E-state index in [1.165, 1.54) is 18.3 Å². The number of halogens is 1. The van der Waals surface area contributed by atoms with Crippen LogP contribution in [0.4, 0.5) is 10.2 Å². The molecule has 1 aliphatic rings. The standard InChI is InChI=1S/C25H25FN6O2S/c1-2-22(17-7-8-28-24(13-17)31-9-11-35(34)12-10-31)30-25(33)21-14-27-16-23-20(21)15-29-32(23)19-5-3-18(26)4-6-19/h3-8,13-16,22H,2,9-12H2,1H3,(H,30,33). The first-order chi connectivity index (χ1) is 17.0. The number of amides is 1. The van der Waals surface area contributed by atoms with Crippen LogP contribution in [0.3, 0.4) is 0 Å². The number of hydrogen-bond donors (Lipinski definition) is 1. The molecule has 1 unspecified atom stereocenters. The molecule has 1 fully saturated rings. The van der Waals surface area contributed by atoms with Crippen LogP contribution < -0.4 is 10.2 Å². The highest BCUT2D eigenvalue weighted by molar-refractivity contribution is 7.85. The van der Waals surface area contributed by atoms with Gasteiger partial charge in [-0.25, -0.2) is 14.1 Å². The van der Waals surface area contributed by atoms with E-state index in [9.17, 15) is 13.4 Å². The average Bonchev–Trinajstić information content (AvgIpc) is 3.32. The van der Waals surface area contributed by atoms with Crippen molar-refractivity contribution in [3.05, 3.63) is 78.1 Å². The number of fused-ring (bicyclic) bond motifs is 1. The molecule has 1 aromatic carbocycles. The molecule has 0 aliphatic carbocycles.